The second-order valence-electron chi connectivity index (χ2n) is 17.0. The van der Waals surface area contributed by atoms with Gasteiger partial charge in [0.05, 0.1) is 0 Å². The van der Waals surface area contributed by atoms with Gasteiger partial charge in [-0.2, -0.15) is 0 Å². The SMILES string of the molecule is Nc1cc(F)cc(F)c1.Nc1cc(F)cc(F)c1.Nc1cc(F)cc(F)c1.Nc1cc(F)cc(F)c1.Nc1cc(F)cc(F)c1.Nc1cc(F)cc(F)c1.Nc1cc(F)cc(F)c1.Nc1cc(F)cc(F)c1.Nc1cc(F)cc(F)c1.Nc1cc(F)cc(F)c1. The van der Waals surface area contributed by atoms with Crippen LogP contribution in [0.3, 0.4) is 0 Å². The zero-order valence-electron chi connectivity index (χ0n) is 45.7. The highest BCUT2D eigenvalue weighted by Gasteiger charge is 2.01. The summed E-state index contributed by atoms with van der Waals surface area (Å²) in [4.78, 5) is 0. The van der Waals surface area contributed by atoms with E-state index < -0.39 is 116 Å². The average molecular weight is 1290 g/mol. The molecule has 0 aliphatic heterocycles. The predicted octanol–water partition coefficient (Wildman–Crippen LogP) is 15.5. The third-order valence-electron chi connectivity index (χ3n) is 8.85. The average Bonchev–Trinajstić information content (AvgIpc) is 3.32. The Kier molecular flexibility index (Phi) is 33.1. The number of halogens is 20. The largest absolute Gasteiger partial charge is 0.399 e. The first kappa shape index (κ1) is 76.8. The van der Waals surface area contributed by atoms with Crippen molar-refractivity contribution in [3.05, 3.63) is 298 Å². The van der Waals surface area contributed by atoms with Crippen molar-refractivity contribution in [2.24, 2.45) is 0 Å². The number of nitrogens with two attached hydrogens (primary N) is 10. The molecule has 20 N–H and O–H groups in total. The quantitative estimate of drug-likeness (QED) is 0.0507. The third-order valence-corrected chi connectivity index (χ3v) is 8.85. The van der Waals surface area contributed by atoms with Crippen molar-refractivity contribution in [2.45, 2.75) is 0 Å². The maximum absolute atomic E-state index is 12.1. The van der Waals surface area contributed by atoms with Gasteiger partial charge in [0.15, 0.2) is 0 Å². The zero-order chi connectivity index (χ0) is 68.5. The Morgan fingerprint density at radius 3 is 0.178 bits per heavy atom. The number of anilines is 10. The summed E-state index contributed by atoms with van der Waals surface area (Å²) in [6.45, 7) is 0. The first-order chi connectivity index (χ1) is 41.8. The second kappa shape index (κ2) is 38.8. The number of benzene rings is 10. The molecule has 90 heavy (non-hydrogen) atoms. The first-order valence-electron chi connectivity index (χ1n) is 24.0. The summed E-state index contributed by atoms with van der Waals surface area (Å²) < 4.78 is 242. The fourth-order valence-corrected chi connectivity index (χ4v) is 5.75. The summed E-state index contributed by atoms with van der Waals surface area (Å²) >= 11 is 0. The van der Waals surface area contributed by atoms with Crippen LogP contribution < -0.4 is 57.3 Å². The molecule has 0 aliphatic rings. The molecule has 0 unspecified atom stereocenters. The Hall–Kier alpha value is -11.2. The van der Waals surface area contributed by atoms with Gasteiger partial charge in [-0.1, -0.05) is 0 Å². The van der Waals surface area contributed by atoms with Crippen LogP contribution in [0.25, 0.3) is 0 Å². The minimum absolute atomic E-state index is 0.104. The highest BCUT2D eigenvalue weighted by Crippen LogP contribution is 2.15. The molecule has 0 bridgehead atoms. The van der Waals surface area contributed by atoms with Crippen LogP contribution in [0.1, 0.15) is 0 Å². The third kappa shape index (κ3) is 37.3. The minimum Gasteiger partial charge on any atom is -0.399 e. The molecule has 10 rings (SSSR count). The van der Waals surface area contributed by atoms with Crippen molar-refractivity contribution in [3.63, 3.8) is 0 Å². The molecule has 0 fully saturated rings. The maximum atomic E-state index is 12.1. The summed E-state index contributed by atoms with van der Waals surface area (Å²) in [5, 5.41) is 0. The molecule has 0 saturated heterocycles. The predicted molar refractivity (Wildman–Crippen MR) is 308 cm³/mol. The fraction of sp³-hybridized carbons (Fsp3) is 0. The molecule has 0 atom stereocenters. The van der Waals surface area contributed by atoms with Crippen LogP contribution in [0.5, 0.6) is 0 Å². The molecule has 10 nitrogen and oxygen atoms in total. The van der Waals surface area contributed by atoms with Gasteiger partial charge in [0.1, 0.15) is 116 Å². The van der Waals surface area contributed by atoms with E-state index in [9.17, 15) is 87.8 Å². The van der Waals surface area contributed by atoms with E-state index in [-0.39, 0.29) is 56.9 Å². The monoisotopic (exact) mass is 1290 g/mol. The van der Waals surface area contributed by atoms with E-state index in [1.807, 2.05) is 0 Å². The van der Waals surface area contributed by atoms with Crippen LogP contribution in [0.2, 0.25) is 0 Å². The van der Waals surface area contributed by atoms with Gasteiger partial charge < -0.3 is 57.3 Å². The fourth-order valence-electron chi connectivity index (χ4n) is 5.75. The van der Waals surface area contributed by atoms with Crippen molar-refractivity contribution in [3.8, 4) is 0 Å². The van der Waals surface area contributed by atoms with Crippen LogP contribution in [-0.2, 0) is 0 Å². The van der Waals surface area contributed by atoms with Gasteiger partial charge >= 0.3 is 0 Å². The van der Waals surface area contributed by atoms with Crippen molar-refractivity contribution in [1.82, 2.24) is 0 Å². The molecule has 30 heteroatoms. The Balaban J connectivity index is 0.000000500. The lowest BCUT2D eigenvalue weighted by Crippen LogP contribution is -1.87. The Labute approximate surface area is 499 Å². The Morgan fingerprint density at radius 1 is 0.100 bits per heavy atom. The summed E-state index contributed by atoms with van der Waals surface area (Å²) in [5.41, 5.74) is 51.8. The smallest absolute Gasteiger partial charge is 0.128 e. The van der Waals surface area contributed by atoms with E-state index in [4.69, 9.17) is 57.3 Å². The molecule has 10 aromatic carbocycles. The van der Waals surface area contributed by atoms with Gasteiger partial charge in [0.2, 0.25) is 0 Å². The maximum Gasteiger partial charge on any atom is 0.128 e. The summed E-state index contributed by atoms with van der Waals surface area (Å²) in [7, 11) is 0. The lowest BCUT2D eigenvalue weighted by molar-refractivity contribution is 0.583. The second-order valence-corrected chi connectivity index (χ2v) is 17.0. The molecule has 0 amide bonds. The van der Waals surface area contributed by atoms with Crippen LogP contribution in [0.15, 0.2) is 182 Å². The molecular formula is C60H50F20N10. The number of rotatable bonds is 0. The molecular weight excluding hydrogens is 1240 g/mol. The van der Waals surface area contributed by atoms with Crippen LogP contribution in [0, 0.1) is 116 Å². The summed E-state index contributed by atoms with van der Waals surface area (Å²) in [5.74, 6) is -12.9. The van der Waals surface area contributed by atoms with E-state index in [2.05, 4.69) is 0 Å². The lowest BCUT2D eigenvalue weighted by Gasteiger charge is -1.91. The Bertz CT molecular complexity index is 2540. The molecule has 0 aliphatic carbocycles. The van der Waals surface area contributed by atoms with Crippen LogP contribution >= 0.6 is 0 Å². The van der Waals surface area contributed by atoms with E-state index in [1.54, 1.807) is 0 Å². The standard InChI is InChI=1S/10C6H5F2N/c10*7-4-1-5(8)3-6(9)2-4/h10*1-3H,9H2. The van der Waals surface area contributed by atoms with Gasteiger partial charge in [0, 0.05) is 118 Å². The van der Waals surface area contributed by atoms with E-state index in [0.29, 0.717) is 0 Å². The molecule has 480 valence electrons. The van der Waals surface area contributed by atoms with Crippen molar-refractivity contribution >= 4 is 56.9 Å². The minimum atomic E-state index is -0.646. The normalized spacial score (nSPS) is 9.56. The molecule has 0 aromatic heterocycles. The van der Waals surface area contributed by atoms with Gasteiger partial charge in [-0.3, -0.25) is 0 Å². The van der Waals surface area contributed by atoms with Crippen molar-refractivity contribution in [2.75, 3.05) is 57.3 Å². The molecule has 0 radical (unpaired) electrons. The topological polar surface area (TPSA) is 260 Å². The number of nitrogen functional groups attached to an aromatic ring is 10. The summed E-state index contributed by atoms with van der Waals surface area (Å²) in [6.07, 6.45) is 0. The van der Waals surface area contributed by atoms with E-state index in [0.717, 1.165) is 182 Å². The molecule has 0 spiro atoms. The highest BCUT2D eigenvalue weighted by atomic mass is 19.2. The van der Waals surface area contributed by atoms with E-state index in [1.165, 1.54) is 0 Å². The van der Waals surface area contributed by atoms with Gasteiger partial charge in [-0.15, -0.1) is 0 Å². The highest BCUT2D eigenvalue weighted by molar-refractivity contribution is 5.43. The van der Waals surface area contributed by atoms with Gasteiger partial charge in [-0.25, -0.2) is 87.8 Å². The first-order valence-corrected chi connectivity index (χ1v) is 24.0. The van der Waals surface area contributed by atoms with Crippen LogP contribution in [0.4, 0.5) is 145 Å². The van der Waals surface area contributed by atoms with Crippen molar-refractivity contribution in [1.29, 1.82) is 0 Å². The lowest BCUT2D eigenvalue weighted by atomic mass is 10.3. The number of hydrogen-bond donors (Lipinski definition) is 10. The molecule has 10 aromatic rings. The zero-order valence-corrected chi connectivity index (χ0v) is 45.7. The van der Waals surface area contributed by atoms with Gasteiger partial charge in [0.25, 0.3) is 0 Å². The Morgan fingerprint density at radius 2 is 0.144 bits per heavy atom. The van der Waals surface area contributed by atoms with Gasteiger partial charge in [-0.05, 0) is 121 Å². The molecule has 0 heterocycles. The molecule has 0 saturated carbocycles. The van der Waals surface area contributed by atoms with Crippen molar-refractivity contribution < 1.29 is 87.8 Å². The van der Waals surface area contributed by atoms with Crippen LogP contribution in [-0.4, -0.2) is 0 Å². The van der Waals surface area contributed by atoms with E-state index >= 15 is 0 Å². The number of hydrogen-bond acceptors (Lipinski definition) is 10. The summed E-state index contributed by atoms with van der Waals surface area (Å²) in [6, 6.07) is 28.9.